The molecule has 2 saturated carbocycles. The third-order valence-electron chi connectivity index (χ3n) is 5.59. The molecule has 1 aromatic carbocycles. The lowest BCUT2D eigenvalue weighted by atomic mass is 9.86. The minimum atomic E-state index is 0.226. The van der Waals surface area contributed by atoms with Crippen molar-refractivity contribution in [2.45, 2.75) is 64.1 Å². The van der Waals surface area contributed by atoms with Crippen molar-refractivity contribution in [3.8, 4) is 5.75 Å². The van der Waals surface area contributed by atoms with Gasteiger partial charge in [-0.1, -0.05) is 19.8 Å². The second kappa shape index (κ2) is 8.02. The molecule has 3 rings (SSSR count). The van der Waals surface area contributed by atoms with Gasteiger partial charge >= 0.3 is 0 Å². The average Bonchev–Trinajstić information content (AvgIpc) is 3.42. The highest BCUT2D eigenvalue weighted by atomic mass is 16.5. The molecule has 0 radical (unpaired) electrons. The van der Waals surface area contributed by atoms with Gasteiger partial charge < -0.3 is 15.0 Å². The molecule has 0 saturated heterocycles. The Morgan fingerprint density at radius 1 is 1.17 bits per heavy atom. The van der Waals surface area contributed by atoms with E-state index < -0.39 is 0 Å². The summed E-state index contributed by atoms with van der Waals surface area (Å²) in [7, 11) is 1.69. The van der Waals surface area contributed by atoms with Crippen molar-refractivity contribution in [2.24, 2.45) is 5.92 Å². The van der Waals surface area contributed by atoms with Crippen LogP contribution < -0.4 is 15.0 Å². The van der Waals surface area contributed by atoms with E-state index in [9.17, 15) is 4.79 Å². The van der Waals surface area contributed by atoms with Crippen LogP contribution in [0.2, 0.25) is 0 Å². The predicted octanol–water partition coefficient (Wildman–Crippen LogP) is 1.94. The molecule has 132 valence electrons. The molecule has 1 amide bonds. The van der Waals surface area contributed by atoms with Crippen molar-refractivity contribution in [1.29, 1.82) is 0 Å². The van der Waals surface area contributed by atoms with E-state index in [1.54, 1.807) is 7.11 Å². The van der Waals surface area contributed by atoms with E-state index in [0.717, 1.165) is 18.7 Å². The normalized spacial score (nSPS) is 25.1. The van der Waals surface area contributed by atoms with Gasteiger partial charge in [-0.2, -0.15) is 0 Å². The Morgan fingerprint density at radius 3 is 2.50 bits per heavy atom. The van der Waals surface area contributed by atoms with Crippen LogP contribution >= 0.6 is 0 Å². The molecule has 2 aliphatic rings. The van der Waals surface area contributed by atoms with E-state index in [1.807, 2.05) is 12.1 Å². The number of carbonyl (C=O) groups excluding carboxylic acids is 1. The van der Waals surface area contributed by atoms with Crippen molar-refractivity contribution < 1.29 is 14.4 Å². The molecule has 2 N–H and O–H groups in total. The van der Waals surface area contributed by atoms with Crippen molar-refractivity contribution in [2.75, 3.05) is 13.7 Å². The van der Waals surface area contributed by atoms with Crippen molar-refractivity contribution in [1.82, 2.24) is 5.32 Å². The highest BCUT2D eigenvalue weighted by molar-refractivity contribution is 5.77. The van der Waals surface area contributed by atoms with Gasteiger partial charge in [-0.15, -0.1) is 0 Å². The summed E-state index contributed by atoms with van der Waals surface area (Å²) in [5.74, 6) is 1.73. The number of nitrogens with one attached hydrogen (secondary N) is 2. The number of quaternary nitrogens is 1. The Bertz CT molecular complexity index is 539. The van der Waals surface area contributed by atoms with Crippen molar-refractivity contribution >= 4 is 5.91 Å². The number of hydrogen-bond acceptors (Lipinski definition) is 2. The SMILES string of the molecule is COc1ccc(C[NH+](CC(=O)N[C@H]2CCCC[C@@H]2C)C2CC2)cc1. The Morgan fingerprint density at radius 2 is 1.88 bits per heavy atom. The molecule has 4 nitrogen and oxygen atoms in total. The maximum atomic E-state index is 12.5. The average molecular weight is 331 g/mol. The molecule has 4 heteroatoms. The summed E-state index contributed by atoms with van der Waals surface area (Å²) in [6.07, 6.45) is 7.45. The molecule has 0 aromatic heterocycles. The van der Waals surface area contributed by atoms with Gasteiger partial charge in [0.15, 0.2) is 6.54 Å². The zero-order valence-corrected chi connectivity index (χ0v) is 15.0. The van der Waals surface area contributed by atoms with E-state index in [4.69, 9.17) is 4.74 Å². The lowest BCUT2D eigenvalue weighted by Gasteiger charge is -2.30. The summed E-state index contributed by atoms with van der Waals surface area (Å²) in [6.45, 7) is 3.79. The number of amides is 1. The van der Waals surface area contributed by atoms with Gasteiger partial charge in [0.1, 0.15) is 12.3 Å². The standard InChI is InChI=1S/C20H30N2O2/c1-15-5-3-4-6-19(15)21-20(23)14-22(17-9-10-17)13-16-7-11-18(24-2)12-8-16/h7-8,11-12,15,17,19H,3-6,9-10,13-14H2,1-2H3,(H,21,23)/p+1/t15-,19-/m0/s1. The zero-order valence-electron chi connectivity index (χ0n) is 15.0. The fraction of sp³-hybridized carbons (Fsp3) is 0.650. The maximum Gasteiger partial charge on any atom is 0.275 e. The van der Waals surface area contributed by atoms with Crippen LogP contribution in [-0.2, 0) is 11.3 Å². The smallest absolute Gasteiger partial charge is 0.275 e. The zero-order chi connectivity index (χ0) is 16.9. The molecule has 2 aliphatic carbocycles. The molecule has 1 aromatic rings. The first-order chi connectivity index (χ1) is 11.7. The molecule has 3 atom stereocenters. The summed E-state index contributed by atoms with van der Waals surface area (Å²) < 4.78 is 5.22. The van der Waals surface area contributed by atoms with Crippen LogP contribution in [0.15, 0.2) is 24.3 Å². The number of carbonyl (C=O) groups is 1. The molecule has 1 unspecified atom stereocenters. The van der Waals surface area contributed by atoms with Gasteiger partial charge in [-0.3, -0.25) is 4.79 Å². The summed E-state index contributed by atoms with van der Waals surface area (Å²) in [4.78, 5) is 13.9. The van der Waals surface area contributed by atoms with Crippen LogP contribution in [0.1, 0.15) is 51.0 Å². The van der Waals surface area contributed by atoms with Gasteiger partial charge in [0, 0.05) is 24.4 Å². The highest BCUT2D eigenvalue weighted by Crippen LogP contribution is 2.23. The summed E-state index contributed by atoms with van der Waals surface area (Å²) in [6, 6.07) is 9.27. The van der Waals surface area contributed by atoms with Gasteiger partial charge in [-0.05, 0) is 43.0 Å². The number of ether oxygens (including phenoxy) is 1. The number of rotatable bonds is 7. The van der Waals surface area contributed by atoms with Gasteiger partial charge in [0.25, 0.3) is 5.91 Å². The molecular weight excluding hydrogens is 300 g/mol. The molecule has 0 aliphatic heterocycles. The van der Waals surface area contributed by atoms with E-state index in [0.29, 0.717) is 24.5 Å². The molecular formula is C20H31N2O2+. The molecule has 0 bridgehead atoms. The van der Waals surface area contributed by atoms with Crippen LogP contribution in [0.4, 0.5) is 0 Å². The minimum absolute atomic E-state index is 0.226. The summed E-state index contributed by atoms with van der Waals surface area (Å²) in [5, 5.41) is 3.31. The third-order valence-corrected chi connectivity index (χ3v) is 5.59. The van der Waals surface area contributed by atoms with Crippen molar-refractivity contribution in [3.63, 3.8) is 0 Å². The van der Waals surface area contributed by atoms with Crippen molar-refractivity contribution in [3.05, 3.63) is 29.8 Å². The number of methoxy groups -OCH3 is 1. The van der Waals surface area contributed by atoms with Gasteiger partial charge in [0.05, 0.1) is 13.2 Å². The molecule has 0 spiro atoms. The topological polar surface area (TPSA) is 42.8 Å². The Kier molecular flexibility index (Phi) is 5.77. The second-order valence-electron chi connectivity index (χ2n) is 7.57. The van der Waals surface area contributed by atoms with Crippen LogP contribution in [0.3, 0.4) is 0 Å². The van der Waals surface area contributed by atoms with E-state index in [-0.39, 0.29) is 5.91 Å². The van der Waals surface area contributed by atoms with E-state index >= 15 is 0 Å². The summed E-state index contributed by atoms with van der Waals surface area (Å²) in [5.41, 5.74) is 1.27. The largest absolute Gasteiger partial charge is 0.497 e. The fourth-order valence-electron chi connectivity index (χ4n) is 3.84. The monoisotopic (exact) mass is 331 g/mol. The molecule has 0 heterocycles. The predicted molar refractivity (Wildman–Crippen MR) is 95.1 cm³/mol. The van der Waals surface area contributed by atoms with Crippen LogP contribution in [-0.4, -0.2) is 31.6 Å². The van der Waals surface area contributed by atoms with Crippen LogP contribution in [0, 0.1) is 5.92 Å². The quantitative estimate of drug-likeness (QED) is 0.802. The summed E-state index contributed by atoms with van der Waals surface area (Å²) >= 11 is 0. The first kappa shape index (κ1) is 17.3. The lowest BCUT2D eigenvalue weighted by Crippen LogP contribution is -3.13. The number of hydrogen-bond donors (Lipinski definition) is 2. The fourth-order valence-corrected chi connectivity index (χ4v) is 3.84. The minimum Gasteiger partial charge on any atom is -0.497 e. The molecule has 2 fully saturated rings. The Labute approximate surface area is 145 Å². The number of benzene rings is 1. The maximum absolute atomic E-state index is 12.5. The van der Waals surface area contributed by atoms with E-state index in [2.05, 4.69) is 24.4 Å². The Hall–Kier alpha value is -1.55. The first-order valence-corrected chi connectivity index (χ1v) is 9.42. The highest BCUT2D eigenvalue weighted by Gasteiger charge is 2.35. The van der Waals surface area contributed by atoms with Gasteiger partial charge in [0.2, 0.25) is 0 Å². The van der Waals surface area contributed by atoms with Crippen LogP contribution in [0.5, 0.6) is 5.75 Å². The Balaban J connectivity index is 1.54. The van der Waals surface area contributed by atoms with Gasteiger partial charge in [-0.25, -0.2) is 0 Å². The first-order valence-electron chi connectivity index (χ1n) is 9.42. The van der Waals surface area contributed by atoms with E-state index in [1.165, 1.54) is 42.6 Å². The third kappa shape index (κ3) is 4.73. The second-order valence-corrected chi connectivity index (χ2v) is 7.57. The molecule has 24 heavy (non-hydrogen) atoms. The van der Waals surface area contributed by atoms with Crippen LogP contribution in [0.25, 0.3) is 0 Å². The lowest BCUT2D eigenvalue weighted by molar-refractivity contribution is -0.917.